The zero-order chi connectivity index (χ0) is 22.1. The van der Waals surface area contributed by atoms with Crippen molar-refractivity contribution in [2.45, 2.75) is 4.90 Å². The molecular weight excluding hydrogens is 430 g/mol. The molecule has 2 aromatic carbocycles. The molecule has 0 saturated heterocycles. The fourth-order valence-electron chi connectivity index (χ4n) is 2.50. The van der Waals surface area contributed by atoms with Gasteiger partial charge in [-0.1, -0.05) is 43.7 Å². The Morgan fingerprint density at radius 1 is 0.933 bits per heavy atom. The van der Waals surface area contributed by atoms with Crippen LogP contribution in [0.15, 0.2) is 77.8 Å². The van der Waals surface area contributed by atoms with Gasteiger partial charge in [-0.25, -0.2) is 4.39 Å². The van der Waals surface area contributed by atoms with Crippen molar-refractivity contribution in [1.29, 1.82) is 0 Å². The highest BCUT2D eigenvalue weighted by Gasteiger charge is 2.65. The summed E-state index contributed by atoms with van der Waals surface area (Å²) in [6.07, 6.45) is 3.70. The first-order valence-corrected chi connectivity index (χ1v) is 10.3. The summed E-state index contributed by atoms with van der Waals surface area (Å²) in [7, 11) is -9.84. The molecule has 1 heterocycles. The van der Waals surface area contributed by atoms with E-state index >= 15 is 0 Å². The summed E-state index contributed by atoms with van der Waals surface area (Å²) in [6.45, 7) is 0. The van der Waals surface area contributed by atoms with E-state index in [0.717, 1.165) is 18.2 Å². The van der Waals surface area contributed by atoms with Gasteiger partial charge in [0.1, 0.15) is 10.7 Å². The highest BCUT2D eigenvalue weighted by molar-refractivity contribution is 8.45. The Kier molecular flexibility index (Phi) is 4.94. The first kappa shape index (κ1) is 21.4. The van der Waals surface area contributed by atoms with Crippen molar-refractivity contribution in [2.75, 3.05) is 5.32 Å². The third-order valence-corrected chi connectivity index (χ3v) is 5.06. The monoisotopic (exact) mass is 444 g/mol. The molecule has 158 valence electrons. The van der Waals surface area contributed by atoms with Crippen LogP contribution >= 0.6 is 10.2 Å². The molecule has 1 N–H and O–H groups in total. The Labute approximate surface area is 167 Å². The molecule has 3 aromatic rings. The Bertz CT molecular complexity index is 1130. The van der Waals surface area contributed by atoms with Crippen molar-refractivity contribution in [1.82, 2.24) is 4.98 Å². The van der Waals surface area contributed by atoms with Gasteiger partial charge in [-0.2, -0.15) is 0 Å². The molecule has 0 atom stereocenters. The topological polar surface area (TPSA) is 42.0 Å². The van der Waals surface area contributed by atoms with Crippen molar-refractivity contribution >= 4 is 27.9 Å². The van der Waals surface area contributed by atoms with E-state index in [4.69, 9.17) is 0 Å². The molecule has 10 heteroatoms. The van der Waals surface area contributed by atoms with Crippen LogP contribution in [0.4, 0.5) is 29.5 Å². The van der Waals surface area contributed by atoms with Crippen LogP contribution in [0, 0.1) is 5.82 Å². The van der Waals surface area contributed by atoms with Crippen molar-refractivity contribution in [3.63, 3.8) is 0 Å². The van der Waals surface area contributed by atoms with Crippen LogP contribution in [-0.2, 0) is 4.79 Å². The van der Waals surface area contributed by atoms with Crippen LogP contribution < -0.4 is 5.32 Å². The van der Waals surface area contributed by atoms with E-state index in [2.05, 4.69) is 10.3 Å². The van der Waals surface area contributed by atoms with E-state index in [0.29, 0.717) is 16.8 Å². The largest absolute Gasteiger partial charge is 0.322 e. The second kappa shape index (κ2) is 6.91. The van der Waals surface area contributed by atoms with Gasteiger partial charge in [0.25, 0.3) is 0 Å². The van der Waals surface area contributed by atoms with Crippen LogP contribution in [0.1, 0.15) is 5.56 Å². The molecule has 0 radical (unpaired) electrons. The Balaban J connectivity index is 1.71. The maximum absolute atomic E-state index is 13.8. The second-order valence-corrected chi connectivity index (χ2v) is 8.69. The SMILES string of the molecule is O=C(C=Cc1ccc(-c2ccccc2F)nc1)Nc1cccc(S(F)(F)(F)(F)F)c1. The van der Waals surface area contributed by atoms with E-state index in [9.17, 15) is 28.6 Å². The number of amides is 1. The number of nitrogens with one attached hydrogen (secondary N) is 1. The smallest absolute Gasteiger partial charge is 0.310 e. The molecule has 0 aliphatic heterocycles. The highest BCUT2D eigenvalue weighted by Crippen LogP contribution is 3.02. The number of hydrogen-bond donors (Lipinski definition) is 1. The van der Waals surface area contributed by atoms with E-state index in [1.165, 1.54) is 24.4 Å². The number of aromatic nitrogens is 1. The number of rotatable bonds is 5. The molecule has 0 saturated carbocycles. The summed E-state index contributed by atoms with van der Waals surface area (Å²) in [4.78, 5) is 13.9. The summed E-state index contributed by atoms with van der Waals surface area (Å²) >= 11 is 0. The molecular formula is C20H14F6N2OS. The maximum Gasteiger partial charge on any atom is 0.310 e. The van der Waals surface area contributed by atoms with Gasteiger partial charge in [-0.05, 0) is 48.0 Å². The molecule has 0 spiro atoms. The molecule has 0 bridgehead atoms. The number of carbonyl (C=O) groups is 1. The zero-order valence-corrected chi connectivity index (χ0v) is 15.9. The Morgan fingerprint density at radius 2 is 1.67 bits per heavy atom. The molecule has 0 aliphatic carbocycles. The number of nitrogens with zero attached hydrogens (tertiary/aromatic N) is 1. The Morgan fingerprint density at radius 3 is 2.30 bits per heavy atom. The molecule has 0 unspecified atom stereocenters. The van der Waals surface area contributed by atoms with Gasteiger partial charge in [0.15, 0.2) is 0 Å². The minimum absolute atomic E-state index is 0.179. The summed E-state index contributed by atoms with van der Waals surface area (Å²) in [5.41, 5.74) is 0.714. The number of hydrogen-bond acceptors (Lipinski definition) is 2. The average Bonchev–Trinajstić information content (AvgIpc) is 2.66. The third-order valence-electron chi connectivity index (χ3n) is 3.91. The summed E-state index contributed by atoms with van der Waals surface area (Å²) in [5.74, 6) is -1.27. The van der Waals surface area contributed by atoms with E-state index in [-0.39, 0.29) is 12.1 Å². The predicted molar refractivity (Wildman–Crippen MR) is 105 cm³/mol. The molecule has 3 rings (SSSR count). The number of pyridine rings is 1. The molecule has 3 nitrogen and oxygen atoms in total. The van der Waals surface area contributed by atoms with Gasteiger partial charge in [0.05, 0.1) is 5.69 Å². The minimum Gasteiger partial charge on any atom is -0.322 e. The average molecular weight is 444 g/mol. The number of anilines is 1. The van der Waals surface area contributed by atoms with Gasteiger partial charge >= 0.3 is 10.2 Å². The molecule has 1 aromatic heterocycles. The van der Waals surface area contributed by atoms with Crippen molar-refractivity contribution in [3.8, 4) is 11.3 Å². The van der Waals surface area contributed by atoms with Gasteiger partial charge in [-0.15, -0.1) is 0 Å². The minimum atomic E-state index is -9.84. The predicted octanol–water partition coefficient (Wildman–Crippen LogP) is 7.20. The first-order valence-electron chi connectivity index (χ1n) is 8.36. The lowest BCUT2D eigenvalue weighted by Gasteiger charge is -2.40. The first-order chi connectivity index (χ1) is 13.8. The number of carbonyl (C=O) groups excluding carboxylic acids is 1. The second-order valence-electron chi connectivity index (χ2n) is 6.28. The maximum atomic E-state index is 13.8. The van der Waals surface area contributed by atoms with Gasteiger partial charge in [-0.3, -0.25) is 9.78 Å². The molecule has 1 amide bonds. The lowest BCUT2D eigenvalue weighted by molar-refractivity contribution is -0.111. The quantitative estimate of drug-likeness (QED) is 0.334. The van der Waals surface area contributed by atoms with Crippen LogP contribution in [0.25, 0.3) is 17.3 Å². The zero-order valence-electron chi connectivity index (χ0n) is 15.0. The molecule has 30 heavy (non-hydrogen) atoms. The van der Waals surface area contributed by atoms with Crippen LogP contribution in [0.5, 0.6) is 0 Å². The lowest BCUT2D eigenvalue weighted by atomic mass is 10.1. The van der Waals surface area contributed by atoms with Crippen molar-refractivity contribution in [3.05, 3.63) is 84.3 Å². The standard InChI is InChI=1S/C20H14F6N2OS/c21-18-7-2-1-6-17(18)19-10-8-14(13-27-19)9-11-20(29)28-15-4-3-5-16(12-15)30(22,23,24,25)26/h1-13H,(H,28,29). The third kappa shape index (κ3) is 5.41. The van der Waals surface area contributed by atoms with E-state index < -0.39 is 32.5 Å². The molecule has 0 fully saturated rings. The van der Waals surface area contributed by atoms with Gasteiger partial charge in [0.2, 0.25) is 5.91 Å². The number of halogens is 6. The van der Waals surface area contributed by atoms with Crippen molar-refractivity contribution in [2.24, 2.45) is 0 Å². The van der Waals surface area contributed by atoms with Crippen LogP contribution in [-0.4, -0.2) is 10.9 Å². The van der Waals surface area contributed by atoms with Crippen LogP contribution in [0.3, 0.4) is 0 Å². The van der Waals surface area contributed by atoms with E-state index in [1.54, 1.807) is 24.3 Å². The fraction of sp³-hybridized carbons (Fsp3) is 0. The van der Waals surface area contributed by atoms with Crippen molar-refractivity contribution < 1.29 is 28.6 Å². The summed E-state index contributed by atoms with van der Waals surface area (Å²) in [5, 5.41) is 2.09. The van der Waals surface area contributed by atoms with Gasteiger partial charge < -0.3 is 5.32 Å². The Hall–Kier alpha value is -3.27. The van der Waals surface area contributed by atoms with Crippen LogP contribution in [0.2, 0.25) is 0 Å². The van der Waals surface area contributed by atoms with E-state index in [1.807, 2.05) is 0 Å². The summed E-state index contributed by atoms with van der Waals surface area (Å²) in [6, 6.07) is 11.4. The summed E-state index contributed by atoms with van der Waals surface area (Å²) < 4.78 is 78.1. The normalized spacial score (nSPS) is 14.2. The fourth-order valence-corrected chi connectivity index (χ4v) is 3.19. The lowest BCUT2D eigenvalue weighted by Crippen LogP contribution is -2.10. The molecule has 0 aliphatic rings. The van der Waals surface area contributed by atoms with Gasteiger partial charge in [0, 0.05) is 23.5 Å². The number of benzene rings is 2. The highest BCUT2D eigenvalue weighted by atomic mass is 32.5.